The Balaban J connectivity index is 0.000000399. The lowest BCUT2D eigenvalue weighted by atomic mass is 10.1. The quantitative estimate of drug-likeness (QED) is 0.565. The van der Waals surface area contributed by atoms with Gasteiger partial charge >= 0.3 is 5.09 Å². The second-order valence-corrected chi connectivity index (χ2v) is 3.54. The monoisotopic (exact) mass is 265 g/mol. The molecule has 2 rings (SSSR count). The number of H-pyrrole nitrogens is 1. The van der Waals surface area contributed by atoms with Crippen LogP contribution in [-0.2, 0) is 0 Å². The minimum Gasteiger partial charge on any atom is -0.369 e. The van der Waals surface area contributed by atoms with Crippen molar-refractivity contribution in [1.82, 2.24) is 9.97 Å². The number of aromatic nitrogens is 2. The summed E-state index contributed by atoms with van der Waals surface area (Å²) in [5.74, 6) is 0.143. The molecule has 19 heavy (non-hydrogen) atoms. The number of benzene rings is 1. The molecule has 1 heterocycles. The van der Waals surface area contributed by atoms with Gasteiger partial charge in [-0.2, -0.15) is 0 Å². The fourth-order valence-electron chi connectivity index (χ4n) is 1.43. The zero-order valence-electron chi connectivity index (χ0n) is 10.1. The van der Waals surface area contributed by atoms with Crippen molar-refractivity contribution in [3.05, 3.63) is 51.2 Å². The molecule has 8 nitrogen and oxygen atoms in total. The molecule has 0 aliphatic rings. The van der Waals surface area contributed by atoms with E-state index in [4.69, 9.17) is 21.1 Å². The van der Waals surface area contributed by atoms with E-state index in [1.54, 1.807) is 6.92 Å². The standard InChI is InChI=1S/C11H11N3O.H2NO3/c1-7-9(8-5-3-2-4-6-8)13-11(12)14-10(7)15;2-1(3)4/h2-6H,1H3,(H3,12,13,14,15);(H2,2,3,4)/q;+1. The van der Waals surface area contributed by atoms with Gasteiger partial charge in [0.1, 0.15) is 4.91 Å². The van der Waals surface area contributed by atoms with Crippen molar-refractivity contribution >= 4 is 5.95 Å². The smallest absolute Gasteiger partial charge is 0.369 e. The first-order chi connectivity index (χ1) is 8.91. The van der Waals surface area contributed by atoms with Gasteiger partial charge in [-0.1, -0.05) is 30.3 Å². The molecular weight excluding hydrogens is 252 g/mol. The van der Waals surface area contributed by atoms with E-state index in [1.165, 1.54) is 0 Å². The second kappa shape index (κ2) is 6.15. The summed E-state index contributed by atoms with van der Waals surface area (Å²) in [6.45, 7) is 1.73. The molecule has 0 amide bonds. The lowest BCUT2D eigenvalue weighted by Gasteiger charge is -2.04. The van der Waals surface area contributed by atoms with Crippen molar-refractivity contribution in [2.24, 2.45) is 0 Å². The average Bonchev–Trinajstić information content (AvgIpc) is 2.34. The normalized spacial score (nSPS) is 9.32. The van der Waals surface area contributed by atoms with E-state index in [2.05, 4.69) is 9.97 Å². The van der Waals surface area contributed by atoms with Gasteiger partial charge in [0, 0.05) is 11.1 Å². The summed E-state index contributed by atoms with van der Waals surface area (Å²) in [5.41, 5.74) is 7.42. The summed E-state index contributed by atoms with van der Waals surface area (Å²) < 4.78 is 0. The minimum absolute atomic E-state index is 0.143. The number of nitrogens with zero attached hydrogens (tertiary/aromatic N) is 2. The Kier molecular flexibility index (Phi) is 4.58. The Morgan fingerprint density at radius 3 is 2.32 bits per heavy atom. The molecule has 1 aromatic heterocycles. The van der Waals surface area contributed by atoms with E-state index in [1.807, 2.05) is 30.3 Å². The van der Waals surface area contributed by atoms with E-state index >= 15 is 0 Å². The Bertz CT molecular complexity index is 620. The number of rotatable bonds is 1. The van der Waals surface area contributed by atoms with Crippen LogP contribution in [0.1, 0.15) is 5.56 Å². The van der Waals surface area contributed by atoms with Gasteiger partial charge in [-0.3, -0.25) is 9.78 Å². The van der Waals surface area contributed by atoms with Gasteiger partial charge in [0.25, 0.3) is 5.56 Å². The summed E-state index contributed by atoms with van der Waals surface area (Å²) >= 11 is 0. The summed E-state index contributed by atoms with van der Waals surface area (Å²) in [4.78, 5) is 26.5. The molecular formula is C11H13N4O4+. The Labute approximate surface area is 107 Å². The highest BCUT2D eigenvalue weighted by Gasteiger charge is 2.07. The maximum Gasteiger partial charge on any atom is 0.472 e. The lowest BCUT2D eigenvalue weighted by molar-refractivity contribution is -0.969. The molecule has 5 N–H and O–H groups in total. The largest absolute Gasteiger partial charge is 0.472 e. The first kappa shape index (κ1) is 14.2. The van der Waals surface area contributed by atoms with Crippen LogP contribution in [0.15, 0.2) is 35.1 Å². The van der Waals surface area contributed by atoms with Crippen LogP contribution < -0.4 is 11.3 Å². The number of hydrogen-bond acceptors (Lipinski definition) is 4. The predicted molar refractivity (Wildman–Crippen MR) is 66.6 cm³/mol. The Morgan fingerprint density at radius 1 is 1.26 bits per heavy atom. The number of anilines is 1. The van der Waals surface area contributed by atoms with E-state index in [-0.39, 0.29) is 11.5 Å². The Hall–Kier alpha value is -2.90. The highest BCUT2D eigenvalue weighted by Crippen LogP contribution is 2.18. The number of aromatic amines is 1. The van der Waals surface area contributed by atoms with Gasteiger partial charge in [0.05, 0.1) is 5.69 Å². The van der Waals surface area contributed by atoms with Gasteiger partial charge < -0.3 is 5.73 Å². The molecule has 0 aliphatic carbocycles. The molecule has 2 aromatic rings. The number of nitrogen functional groups attached to an aromatic ring is 1. The summed E-state index contributed by atoms with van der Waals surface area (Å²) in [7, 11) is 0. The molecule has 100 valence electrons. The van der Waals surface area contributed by atoms with Crippen molar-refractivity contribution in [2.75, 3.05) is 5.73 Å². The van der Waals surface area contributed by atoms with Gasteiger partial charge in [-0.25, -0.2) is 15.4 Å². The zero-order valence-corrected chi connectivity index (χ0v) is 10.1. The van der Waals surface area contributed by atoms with Crippen molar-refractivity contribution in [3.8, 4) is 11.3 Å². The van der Waals surface area contributed by atoms with Crippen molar-refractivity contribution in [1.29, 1.82) is 0 Å². The number of nitrogens with one attached hydrogen (secondary N) is 1. The molecule has 0 aliphatic heterocycles. The number of nitrogens with two attached hydrogens (primary N) is 1. The minimum atomic E-state index is -1.25. The van der Waals surface area contributed by atoms with Crippen LogP contribution in [-0.4, -0.2) is 25.5 Å². The van der Waals surface area contributed by atoms with Crippen LogP contribution in [0.4, 0.5) is 5.95 Å². The van der Waals surface area contributed by atoms with Crippen LogP contribution in [0.25, 0.3) is 11.3 Å². The summed E-state index contributed by atoms with van der Waals surface area (Å²) in [6, 6.07) is 9.50. The SMILES string of the molecule is Cc1c(-c2ccccc2)nc(N)[nH]c1=O.O=[N+](O)O. The van der Waals surface area contributed by atoms with Crippen molar-refractivity contribution in [2.45, 2.75) is 6.92 Å². The molecule has 0 bridgehead atoms. The van der Waals surface area contributed by atoms with Crippen LogP contribution in [0.3, 0.4) is 0 Å². The van der Waals surface area contributed by atoms with Crippen molar-refractivity contribution in [3.63, 3.8) is 0 Å². The predicted octanol–water partition coefficient (Wildman–Crippen LogP) is 0.871. The highest BCUT2D eigenvalue weighted by atomic mass is 16.9. The van der Waals surface area contributed by atoms with Crippen LogP contribution in [0.5, 0.6) is 0 Å². The molecule has 1 aromatic carbocycles. The van der Waals surface area contributed by atoms with Crippen LogP contribution in [0, 0.1) is 11.8 Å². The summed E-state index contributed by atoms with van der Waals surface area (Å²) in [5, 5.41) is 12.5. The van der Waals surface area contributed by atoms with Crippen molar-refractivity contribution < 1.29 is 15.5 Å². The Morgan fingerprint density at radius 2 is 1.79 bits per heavy atom. The van der Waals surface area contributed by atoms with E-state index in [9.17, 15) is 4.79 Å². The summed E-state index contributed by atoms with van der Waals surface area (Å²) in [6.07, 6.45) is 0. The maximum absolute atomic E-state index is 11.5. The first-order valence-electron chi connectivity index (χ1n) is 5.18. The fourth-order valence-corrected chi connectivity index (χ4v) is 1.43. The van der Waals surface area contributed by atoms with E-state index < -0.39 is 5.09 Å². The van der Waals surface area contributed by atoms with Crippen LogP contribution in [0.2, 0.25) is 0 Å². The third-order valence-electron chi connectivity index (χ3n) is 2.22. The van der Waals surface area contributed by atoms with Crippen LogP contribution >= 0.6 is 0 Å². The molecule has 0 radical (unpaired) electrons. The zero-order chi connectivity index (χ0) is 14.4. The van der Waals surface area contributed by atoms with Gasteiger partial charge in [0.15, 0.2) is 0 Å². The first-order valence-corrected chi connectivity index (χ1v) is 5.18. The van der Waals surface area contributed by atoms with Gasteiger partial charge in [0.2, 0.25) is 5.95 Å². The van der Waals surface area contributed by atoms with Gasteiger partial charge in [-0.05, 0) is 6.92 Å². The number of hydrogen-bond donors (Lipinski definition) is 4. The van der Waals surface area contributed by atoms with E-state index in [0.29, 0.717) is 11.3 Å². The lowest BCUT2D eigenvalue weighted by Crippen LogP contribution is -2.15. The third kappa shape index (κ3) is 4.11. The third-order valence-corrected chi connectivity index (χ3v) is 2.22. The molecule has 0 unspecified atom stereocenters. The molecule has 0 atom stereocenters. The maximum atomic E-state index is 11.5. The molecule has 8 heteroatoms. The molecule has 0 saturated carbocycles. The van der Waals surface area contributed by atoms with Gasteiger partial charge in [-0.15, -0.1) is 0 Å². The average molecular weight is 265 g/mol. The molecule has 0 saturated heterocycles. The van der Waals surface area contributed by atoms with E-state index in [0.717, 1.165) is 5.56 Å². The fraction of sp³-hybridized carbons (Fsp3) is 0.0909. The molecule has 0 spiro atoms. The highest BCUT2D eigenvalue weighted by molar-refractivity contribution is 5.63. The molecule has 0 fully saturated rings. The topological polar surface area (TPSA) is 132 Å². The second-order valence-electron chi connectivity index (χ2n) is 3.54.